The number of aliphatic hydroxyl groups excluding tert-OH is 1. The van der Waals surface area contributed by atoms with E-state index in [-0.39, 0.29) is 48.6 Å². The van der Waals surface area contributed by atoms with E-state index in [1.54, 1.807) is 55.5 Å². The maximum atomic E-state index is 13.6. The van der Waals surface area contributed by atoms with Crippen molar-refractivity contribution in [3.8, 4) is 17.6 Å². The van der Waals surface area contributed by atoms with Crippen LogP contribution in [0.3, 0.4) is 0 Å². The van der Waals surface area contributed by atoms with E-state index in [0.29, 0.717) is 11.5 Å². The minimum atomic E-state index is -3.92. The van der Waals surface area contributed by atoms with Gasteiger partial charge >= 0.3 is 0 Å². The lowest BCUT2D eigenvalue weighted by molar-refractivity contribution is -0.130. The largest absolute Gasteiger partial charge is 0.487 e. The highest BCUT2D eigenvalue weighted by Gasteiger charge is 2.38. The Kier molecular flexibility index (Phi) is 7.98. The summed E-state index contributed by atoms with van der Waals surface area (Å²) in [7, 11) is -2.19. The summed E-state index contributed by atoms with van der Waals surface area (Å²) >= 11 is 0. The van der Waals surface area contributed by atoms with Gasteiger partial charge in [0.15, 0.2) is 0 Å². The van der Waals surface area contributed by atoms with Gasteiger partial charge in [0.05, 0.1) is 19.6 Å². The third-order valence-electron chi connectivity index (χ3n) is 6.65. The van der Waals surface area contributed by atoms with E-state index in [0.717, 1.165) is 18.4 Å². The van der Waals surface area contributed by atoms with Gasteiger partial charge in [0.2, 0.25) is 15.9 Å². The Morgan fingerprint density at radius 2 is 2.00 bits per heavy atom. The third kappa shape index (κ3) is 6.06. The number of benzene rings is 1. The number of ether oxygens (including phenoxy) is 1. The van der Waals surface area contributed by atoms with Crippen LogP contribution in [0.15, 0.2) is 47.6 Å². The van der Waals surface area contributed by atoms with Gasteiger partial charge in [-0.2, -0.15) is 4.31 Å². The van der Waals surface area contributed by atoms with E-state index in [1.807, 2.05) is 6.92 Å². The zero-order valence-corrected chi connectivity index (χ0v) is 21.7. The van der Waals surface area contributed by atoms with Crippen molar-refractivity contribution in [3.05, 3.63) is 53.9 Å². The van der Waals surface area contributed by atoms with Crippen LogP contribution in [0.2, 0.25) is 0 Å². The van der Waals surface area contributed by atoms with Crippen molar-refractivity contribution in [2.24, 2.45) is 11.8 Å². The highest BCUT2D eigenvalue weighted by atomic mass is 32.2. The topological polar surface area (TPSA) is 100 Å². The van der Waals surface area contributed by atoms with Crippen LogP contribution >= 0.6 is 0 Å². The van der Waals surface area contributed by atoms with Crippen LogP contribution in [0.5, 0.6) is 5.75 Å². The molecule has 9 heteroatoms. The molecule has 0 radical (unpaired) electrons. The Hall–Kier alpha value is -2.93. The van der Waals surface area contributed by atoms with Crippen molar-refractivity contribution < 1.29 is 23.1 Å². The van der Waals surface area contributed by atoms with Crippen molar-refractivity contribution in [1.29, 1.82) is 0 Å². The summed E-state index contributed by atoms with van der Waals surface area (Å²) in [4.78, 5) is 18.6. The number of aliphatic hydroxyl groups is 1. The number of nitrogens with zero attached hydrogens (tertiary/aromatic N) is 3. The Labute approximate surface area is 213 Å². The number of likely N-dealkylation sites (N-methyl/N-ethyl adjacent to an activating group) is 1. The first-order valence-electron chi connectivity index (χ1n) is 12.3. The number of sulfonamides is 1. The van der Waals surface area contributed by atoms with Crippen LogP contribution in [0.4, 0.5) is 0 Å². The van der Waals surface area contributed by atoms with E-state index in [2.05, 4.69) is 16.8 Å². The average Bonchev–Trinajstić information content (AvgIpc) is 3.69. The number of carbonyl (C=O) groups is 1. The molecule has 0 spiro atoms. The molecule has 1 fully saturated rings. The molecule has 3 atom stereocenters. The monoisotopic (exact) mass is 511 g/mol. The minimum Gasteiger partial charge on any atom is -0.487 e. The molecule has 2 heterocycles. The lowest BCUT2D eigenvalue weighted by Gasteiger charge is -2.37. The highest BCUT2D eigenvalue weighted by Crippen LogP contribution is 2.34. The van der Waals surface area contributed by atoms with Gasteiger partial charge in [0.1, 0.15) is 16.7 Å². The summed E-state index contributed by atoms with van der Waals surface area (Å²) < 4.78 is 34.8. The van der Waals surface area contributed by atoms with E-state index in [9.17, 15) is 18.3 Å². The highest BCUT2D eigenvalue weighted by molar-refractivity contribution is 7.89. The second-order valence-electron chi connectivity index (χ2n) is 9.75. The van der Waals surface area contributed by atoms with Crippen molar-refractivity contribution in [2.75, 3.05) is 26.7 Å². The number of hydrogen-bond acceptors (Lipinski definition) is 6. The lowest BCUT2D eigenvalue weighted by Crippen LogP contribution is -2.50. The Bertz CT molecular complexity index is 1250. The van der Waals surface area contributed by atoms with Crippen LogP contribution in [0.25, 0.3) is 0 Å². The molecule has 1 aromatic heterocycles. The van der Waals surface area contributed by atoms with Crippen LogP contribution in [0, 0.1) is 23.7 Å². The molecule has 0 bridgehead atoms. The molecule has 1 saturated carbocycles. The van der Waals surface area contributed by atoms with E-state index >= 15 is 0 Å². The van der Waals surface area contributed by atoms with Crippen LogP contribution in [0.1, 0.15) is 37.8 Å². The molecular formula is C27H33N3O5S. The fourth-order valence-corrected chi connectivity index (χ4v) is 5.94. The summed E-state index contributed by atoms with van der Waals surface area (Å²) in [5.41, 5.74) is 1.55. The molecule has 1 N–H and O–H groups in total. The van der Waals surface area contributed by atoms with E-state index < -0.39 is 22.2 Å². The molecule has 8 nitrogen and oxygen atoms in total. The first kappa shape index (κ1) is 26.1. The number of carbonyl (C=O) groups excluding carboxylic acids is 1. The molecular weight excluding hydrogens is 478 g/mol. The predicted octanol–water partition coefficient (Wildman–Crippen LogP) is 2.31. The summed E-state index contributed by atoms with van der Waals surface area (Å²) in [6.07, 6.45) is 5.26. The molecule has 0 unspecified atom stereocenters. The lowest BCUT2D eigenvalue weighted by atomic mass is 10.0. The molecule has 2 aromatic rings. The van der Waals surface area contributed by atoms with Crippen LogP contribution < -0.4 is 4.74 Å². The van der Waals surface area contributed by atoms with Gasteiger partial charge in [0.25, 0.3) is 0 Å². The van der Waals surface area contributed by atoms with Gasteiger partial charge in [-0.15, -0.1) is 0 Å². The van der Waals surface area contributed by atoms with Crippen molar-refractivity contribution in [3.63, 3.8) is 0 Å². The molecule has 2 aliphatic rings. The maximum absolute atomic E-state index is 13.6. The quantitative estimate of drug-likeness (QED) is 0.598. The molecule has 36 heavy (non-hydrogen) atoms. The van der Waals surface area contributed by atoms with Gasteiger partial charge in [-0.3, -0.25) is 9.78 Å². The minimum absolute atomic E-state index is 0.0439. The van der Waals surface area contributed by atoms with Gasteiger partial charge < -0.3 is 14.7 Å². The molecule has 1 aromatic carbocycles. The Morgan fingerprint density at radius 3 is 2.67 bits per heavy atom. The summed E-state index contributed by atoms with van der Waals surface area (Å²) in [5.74, 6) is 6.63. The van der Waals surface area contributed by atoms with Crippen LogP contribution in [-0.4, -0.2) is 72.5 Å². The predicted molar refractivity (Wildman–Crippen MR) is 136 cm³/mol. The molecule has 1 aliphatic heterocycles. The van der Waals surface area contributed by atoms with Crippen molar-refractivity contribution in [2.45, 2.75) is 50.2 Å². The standard InChI is InChI=1S/C27H33N3O5S/c1-19-16-30(20(2)18-31)36(33,34)26-9-8-22(7-6-21-4-5-21)14-24(26)35-25(19)17-29(3)27(32)15-23-10-12-28-13-11-23/h8-14,19-21,25,31H,4-5,15-18H2,1-3H3/t19-,20+,25+/m0/s1. The fraction of sp³-hybridized carbons (Fsp3) is 0.481. The zero-order chi connectivity index (χ0) is 25.9. The molecule has 1 aliphatic carbocycles. The fourth-order valence-electron chi connectivity index (χ4n) is 4.12. The molecule has 4 rings (SSSR count). The molecule has 0 saturated heterocycles. The van der Waals surface area contributed by atoms with Crippen LogP contribution in [-0.2, 0) is 21.2 Å². The maximum Gasteiger partial charge on any atom is 0.247 e. The first-order valence-corrected chi connectivity index (χ1v) is 13.7. The number of pyridine rings is 1. The van der Waals surface area contributed by atoms with Gasteiger partial charge in [0, 0.05) is 49.4 Å². The van der Waals surface area contributed by atoms with E-state index in [4.69, 9.17) is 4.74 Å². The number of fused-ring (bicyclic) bond motifs is 1. The second-order valence-corrected chi connectivity index (χ2v) is 11.6. The SMILES string of the molecule is C[C@H](CO)N1C[C@H](C)[C@@H](CN(C)C(=O)Cc2ccncc2)Oc2cc(C#CC3CC3)ccc2S1(=O)=O. The second kappa shape index (κ2) is 11.0. The Morgan fingerprint density at radius 1 is 1.28 bits per heavy atom. The number of rotatable bonds is 6. The third-order valence-corrected chi connectivity index (χ3v) is 8.67. The zero-order valence-electron chi connectivity index (χ0n) is 20.9. The van der Waals surface area contributed by atoms with Gasteiger partial charge in [-0.25, -0.2) is 8.42 Å². The van der Waals surface area contributed by atoms with Crippen molar-refractivity contribution in [1.82, 2.24) is 14.2 Å². The molecule has 1 amide bonds. The number of aromatic nitrogens is 1. The summed E-state index contributed by atoms with van der Waals surface area (Å²) in [5, 5.41) is 9.80. The van der Waals surface area contributed by atoms with Gasteiger partial charge in [-0.05, 0) is 55.7 Å². The summed E-state index contributed by atoms with van der Waals surface area (Å²) in [6, 6.07) is 7.91. The van der Waals surface area contributed by atoms with E-state index in [1.165, 1.54) is 10.4 Å². The first-order chi connectivity index (χ1) is 17.2. The summed E-state index contributed by atoms with van der Waals surface area (Å²) in [6.45, 7) is 3.72. The van der Waals surface area contributed by atoms with Gasteiger partial charge in [-0.1, -0.05) is 18.8 Å². The average molecular weight is 512 g/mol. The molecule has 192 valence electrons. The number of amides is 1. The van der Waals surface area contributed by atoms with Crippen molar-refractivity contribution >= 4 is 15.9 Å². The normalized spacial score (nSPS) is 22.1. The smallest absolute Gasteiger partial charge is 0.247 e. The number of hydrogen-bond donors (Lipinski definition) is 1. The Balaban J connectivity index is 1.64.